The van der Waals surface area contributed by atoms with Crippen LogP contribution in [0.3, 0.4) is 0 Å². The number of hydrogen-bond donors (Lipinski definition) is 2. The average molecular weight is 277 g/mol. The summed E-state index contributed by atoms with van der Waals surface area (Å²) in [4.78, 5) is 25.0. The van der Waals surface area contributed by atoms with E-state index in [-0.39, 0.29) is 18.4 Å². The molecule has 20 heavy (non-hydrogen) atoms. The van der Waals surface area contributed by atoms with E-state index in [1.165, 1.54) is 4.90 Å². The van der Waals surface area contributed by atoms with Gasteiger partial charge in [-0.15, -0.1) is 0 Å². The molecular formula is C15H23N3O2. The van der Waals surface area contributed by atoms with Crippen molar-refractivity contribution in [2.75, 3.05) is 20.1 Å². The van der Waals surface area contributed by atoms with Crippen LogP contribution in [0, 0.1) is 0 Å². The molecule has 0 radical (unpaired) electrons. The second-order valence-corrected chi connectivity index (χ2v) is 4.66. The molecule has 1 aromatic rings. The van der Waals surface area contributed by atoms with Gasteiger partial charge in [0, 0.05) is 13.6 Å². The second kappa shape index (κ2) is 8.32. The highest BCUT2D eigenvalue weighted by Crippen LogP contribution is 2.06. The highest BCUT2D eigenvalue weighted by atomic mass is 16.2. The molecule has 0 saturated heterocycles. The van der Waals surface area contributed by atoms with Crippen molar-refractivity contribution >= 4 is 11.8 Å². The molecule has 0 aliphatic heterocycles. The van der Waals surface area contributed by atoms with Crippen LogP contribution in [0.2, 0.25) is 0 Å². The summed E-state index contributed by atoms with van der Waals surface area (Å²) < 4.78 is 0. The third kappa shape index (κ3) is 5.01. The maximum Gasteiger partial charge on any atom is 0.239 e. The minimum Gasteiger partial charge on any atom is -0.358 e. The Morgan fingerprint density at radius 3 is 2.50 bits per heavy atom. The van der Waals surface area contributed by atoms with Crippen LogP contribution in [-0.2, 0) is 16.0 Å². The molecule has 0 aromatic heterocycles. The molecule has 0 heterocycles. The maximum atomic E-state index is 12.2. The lowest BCUT2D eigenvalue weighted by Crippen LogP contribution is -2.47. The molecule has 5 heteroatoms. The Morgan fingerprint density at radius 1 is 1.30 bits per heavy atom. The molecule has 2 amide bonds. The summed E-state index contributed by atoms with van der Waals surface area (Å²) in [6.45, 7) is 2.38. The third-order valence-corrected chi connectivity index (χ3v) is 3.21. The van der Waals surface area contributed by atoms with E-state index in [0.29, 0.717) is 13.0 Å². The Bertz CT molecular complexity index is 434. The molecule has 110 valence electrons. The fourth-order valence-corrected chi connectivity index (χ4v) is 1.92. The zero-order valence-electron chi connectivity index (χ0n) is 12.1. The second-order valence-electron chi connectivity index (χ2n) is 4.66. The number of hydrogen-bond acceptors (Lipinski definition) is 3. The van der Waals surface area contributed by atoms with Crippen LogP contribution in [0.5, 0.6) is 0 Å². The van der Waals surface area contributed by atoms with Gasteiger partial charge in [-0.1, -0.05) is 30.3 Å². The predicted octanol–water partition coefficient (Wildman–Crippen LogP) is 0.541. The topological polar surface area (TPSA) is 75.4 Å². The molecule has 0 bridgehead atoms. The molecular weight excluding hydrogens is 254 g/mol. The van der Waals surface area contributed by atoms with Crippen molar-refractivity contribution in [3.8, 4) is 0 Å². The van der Waals surface area contributed by atoms with E-state index in [0.717, 1.165) is 12.0 Å². The first-order valence-corrected chi connectivity index (χ1v) is 6.87. The first kappa shape index (κ1) is 16.2. The molecule has 0 fully saturated rings. The number of nitrogens with two attached hydrogens (primary N) is 1. The summed E-state index contributed by atoms with van der Waals surface area (Å²) in [6, 6.07) is 9.34. The molecule has 5 nitrogen and oxygen atoms in total. The van der Waals surface area contributed by atoms with Crippen molar-refractivity contribution in [2.45, 2.75) is 25.8 Å². The molecule has 0 unspecified atom stereocenters. The van der Waals surface area contributed by atoms with Gasteiger partial charge < -0.3 is 16.0 Å². The Labute approximate surface area is 120 Å². The molecule has 1 atom stereocenters. The molecule has 1 rings (SSSR count). The van der Waals surface area contributed by atoms with Crippen molar-refractivity contribution in [3.63, 3.8) is 0 Å². The molecule has 0 saturated carbocycles. The van der Waals surface area contributed by atoms with Crippen molar-refractivity contribution < 1.29 is 9.59 Å². The standard InChI is InChI=1S/C15H23N3O2/c1-3-18(11-14(19)17-2)15(20)13(16)10-9-12-7-5-4-6-8-12/h4-8,13H,3,9-11,16H2,1-2H3,(H,17,19)/t13-/m0/s1. The van der Waals surface area contributed by atoms with Gasteiger partial charge in [0.05, 0.1) is 12.6 Å². The number of carbonyl (C=O) groups is 2. The Morgan fingerprint density at radius 2 is 1.95 bits per heavy atom. The van der Waals surface area contributed by atoms with Crippen molar-refractivity contribution in [3.05, 3.63) is 35.9 Å². The minimum absolute atomic E-state index is 0.0604. The van der Waals surface area contributed by atoms with Gasteiger partial charge in [0.15, 0.2) is 0 Å². The molecule has 0 aliphatic carbocycles. The largest absolute Gasteiger partial charge is 0.358 e. The minimum atomic E-state index is -0.570. The fourth-order valence-electron chi connectivity index (χ4n) is 1.92. The van der Waals surface area contributed by atoms with Gasteiger partial charge in [0.2, 0.25) is 11.8 Å². The Balaban J connectivity index is 2.50. The smallest absolute Gasteiger partial charge is 0.239 e. The number of nitrogens with one attached hydrogen (secondary N) is 1. The summed E-state index contributed by atoms with van der Waals surface area (Å²) in [5, 5.41) is 2.51. The number of nitrogens with zero attached hydrogens (tertiary/aromatic N) is 1. The van der Waals surface area contributed by atoms with Gasteiger partial charge in [-0.05, 0) is 25.3 Å². The van der Waals surface area contributed by atoms with Crippen LogP contribution in [0.25, 0.3) is 0 Å². The molecule has 3 N–H and O–H groups in total. The van der Waals surface area contributed by atoms with Crippen LogP contribution in [0.15, 0.2) is 30.3 Å². The lowest BCUT2D eigenvalue weighted by molar-refractivity contribution is -0.136. The molecule has 1 aromatic carbocycles. The van der Waals surface area contributed by atoms with Gasteiger partial charge in [0.1, 0.15) is 0 Å². The Kier molecular flexibility index (Phi) is 6.73. The van der Waals surface area contributed by atoms with E-state index < -0.39 is 6.04 Å². The zero-order chi connectivity index (χ0) is 15.0. The van der Waals surface area contributed by atoms with Crippen molar-refractivity contribution in [2.24, 2.45) is 5.73 Å². The third-order valence-electron chi connectivity index (χ3n) is 3.21. The van der Waals surface area contributed by atoms with Crippen LogP contribution in [0.1, 0.15) is 18.9 Å². The number of likely N-dealkylation sites (N-methyl/N-ethyl adjacent to an activating group) is 2. The van der Waals surface area contributed by atoms with Crippen LogP contribution >= 0.6 is 0 Å². The predicted molar refractivity (Wildman–Crippen MR) is 79.1 cm³/mol. The quantitative estimate of drug-likeness (QED) is 0.764. The molecule has 0 aliphatic rings. The van der Waals surface area contributed by atoms with Crippen LogP contribution in [0.4, 0.5) is 0 Å². The monoisotopic (exact) mass is 277 g/mol. The SMILES string of the molecule is CCN(CC(=O)NC)C(=O)[C@@H](N)CCc1ccccc1. The number of benzene rings is 1. The highest BCUT2D eigenvalue weighted by Gasteiger charge is 2.21. The maximum absolute atomic E-state index is 12.2. The Hall–Kier alpha value is -1.88. The summed E-state index contributed by atoms with van der Waals surface area (Å²) in [5.74, 6) is -0.359. The van der Waals surface area contributed by atoms with E-state index in [4.69, 9.17) is 5.73 Å². The summed E-state index contributed by atoms with van der Waals surface area (Å²) >= 11 is 0. The molecule has 0 spiro atoms. The number of rotatable bonds is 7. The number of carbonyl (C=O) groups excluding carboxylic acids is 2. The zero-order valence-corrected chi connectivity index (χ0v) is 12.1. The van der Waals surface area contributed by atoms with E-state index in [9.17, 15) is 9.59 Å². The van der Waals surface area contributed by atoms with Gasteiger partial charge in [-0.2, -0.15) is 0 Å². The average Bonchev–Trinajstić information content (AvgIpc) is 2.50. The fraction of sp³-hybridized carbons (Fsp3) is 0.467. The van der Waals surface area contributed by atoms with Crippen molar-refractivity contribution in [1.29, 1.82) is 0 Å². The van der Waals surface area contributed by atoms with E-state index in [1.54, 1.807) is 7.05 Å². The lowest BCUT2D eigenvalue weighted by Gasteiger charge is -2.23. The first-order chi connectivity index (χ1) is 9.58. The summed E-state index contributed by atoms with van der Waals surface area (Å²) in [6.07, 6.45) is 1.33. The van der Waals surface area contributed by atoms with Gasteiger partial charge in [-0.25, -0.2) is 0 Å². The van der Waals surface area contributed by atoms with Crippen LogP contribution in [-0.4, -0.2) is 42.9 Å². The summed E-state index contributed by atoms with van der Waals surface area (Å²) in [5.41, 5.74) is 7.09. The normalized spacial score (nSPS) is 11.8. The van der Waals surface area contributed by atoms with E-state index >= 15 is 0 Å². The lowest BCUT2D eigenvalue weighted by atomic mass is 10.0. The van der Waals surface area contributed by atoms with Gasteiger partial charge in [0.25, 0.3) is 0 Å². The first-order valence-electron chi connectivity index (χ1n) is 6.87. The van der Waals surface area contributed by atoms with Crippen molar-refractivity contribution in [1.82, 2.24) is 10.2 Å². The highest BCUT2D eigenvalue weighted by molar-refractivity contribution is 5.87. The number of amides is 2. The van der Waals surface area contributed by atoms with E-state index in [1.807, 2.05) is 37.3 Å². The van der Waals surface area contributed by atoms with E-state index in [2.05, 4.69) is 5.32 Å². The van der Waals surface area contributed by atoms with Gasteiger partial charge in [-0.3, -0.25) is 9.59 Å². The van der Waals surface area contributed by atoms with Crippen LogP contribution < -0.4 is 11.1 Å². The summed E-state index contributed by atoms with van der Waals surface area (Å²) in [7, 11) is 1.55. The van der Waals surface area contributed by atoms with Gasteiger partial charge >= 0.3 is 0 Å². The number of aryl methyl sites for hydroxylation is 1.